The number of hydrogen-bond acceptors (Lipinski definition) is 5. The van der Waals surface area contributed by atoms with Crippen LogP contribution in [-0.2, 0) is 13.1 Å². The maximum Gasteiger partial charge on any atom is 0.159 e. The topological polar surface area (TPSA) is 56.2 Å². The van der Waals surface area contributed by atoms with Crippen LogP contribution in [0.5, 0.6) is 11.5 Å². The first-order chi connectivity index (χ1) is 13.5. The molecule has 0 saturated carbocycles. The van der Waals surface area contributed by atoms with Crippen molar-refractivity contribution in [2.45, 2.75) is 25.6 Å². The summed E-state index contributed by atoms with van der Waals surface area (Å²) in [6.07, 6.45) is 0.592. The molecular weight excluding hydrogens is 366 g/mol. The minimum atomic E-state index is -0.847. The van der Waals surface area contributed by atoms with E-state index in [-0.39, 0.29) is 18.4 Å². The molecule has 5 nitrogen and oxygen atoms in total. The van der Waals surface area contributed by atoms with Crippen molar-refractivity contribution < 1.29 is 23.7 Å². The van der Waals surface area contributed by atoms with Gasteiger partial charge in [0.05, 0.1) is 7.11 Å². The van der Waals surface area contributed by atoms with Gasteiger partial charge in [0.15, 0.2) is 11.6 Å². The number of halogens is 2. The van der Waals surface area contributed by atoms with Crippen LogP contribution in [0, 0.1) is 11.6 Å². The Balaban J connectivity index is 1.65. The van der Waals surface area contributed by atoms with E-state index in [4.69, 9.17) is 4.74 Å². The highest BCUT2D eigenvalue weighted by Gasteiger charge is 2.27. The van der Waals surface area contributed by atoms with Gasteiger partial charge in [0.1, 0.15) is 11.5 Å². The number of phenolic OH excluding ortho intramolecular Hbond substituents is 1. The number of methoxy groups -OCH3 is 1. The van der Waals surface area contributed by atoms with Gasteiger partial charge >= 0.3 is 0 Å². The van der Waals surface area contributed by atoms with Crippen molar-refractivity contribution >= 4 is 0 Å². The van der Waals surface area contributed by atoms with Crippen LogP contribution in [0.1, 0.15) is 17.5 Å². The average Bonchev–Trinajstić information content (AvgIpc) is 2.68. The molecule has 0 amide bonds. The van der Waals surface area contributed by atoms with Crippen LogP contribution in [0.3, 0.4) is 0 Å². The average molecular weight is 392 g/mol. The summed E-state index contributed by atoms with van der Waals surface area (Å²) in [5.41, 5.74) is 1.53. The number of piperazine rings is 1. The molecule has 7 heteroatoms. The van der Waals surface area contributed by atoms with Crippen molar-refractivity contribution in [2.75, 3.05) is 33.4 Å². The molecule has 2 aromatic carbocycles. The summed E-state index contributed by atoms with van der Waals surface area (Å²) in [5.74, 6) is -0.886. The second-order valence-electron chi connectivity index (χ2n) is 7.11. The molecule has 1 aliphatic rings. The Morgan fingerprint density at radius 1 is 1.07 bits per heavy atom. The summed E-state index contributed by atoms with van der Waals surface area (Å²) in [6, 6.07) is 9.33. The standard InChI is InChI=1S/C21H26F2N2O3/c1-28-18-4-3-16(21(27)11-18)13-24-7-8-25(17(14-24)6-9-26)12-15-2-5-19(22)20(23)10-15/h2-5,10-11,17,26-27H,6-9,12-14H2,1H3/t17-/m0/s1. The molecule has 0 aromatic heterocycles. The number of aromatic hydroxyl groups is 1. The van der Waals surface area contributed by atoms with E-state index in [2.05, 4.69) is 9.80 Å². The molecule has 0 radical (unpaired) electrons. The zero-order valence-corrected chi connectivity index (χ0v) is 15.9. The van der Waals surface area contributed by atoms with Gasteiger partial charge in [-0.3, -0.25) is 9.80 Å². The molecule has 1 aliphatic heterocycles. The highest BCUT2D eigenvalue weighted by atomic mass is 19.2. The van der Waals surface area contributed by atoms with Gasteiger partial charge < -0.3 is 14.9 Å². The highest BCUT2D eigenvalue weighted by molar-refractivity contribution is 5.39. The summed E-state index contributed by atoms with van der Waals surface area (Å²) in [6.45, 7) is 3.38. The van der Waals surface area contributed by atoms with Crippen LogP contribution < -0.4 is 4.74 Å². The van der Waals surface area contributed by atoms with Crippen molar-refractivity contribution in [3.05, 3.63) is 59.2 Å². The van der Waals surface area contributed by atoms with Gasteiger partial charge in [-0.05, 0) is 30.2 Å². The Labute approximate surface area is 163 Å². The first-order valence-electron chi connectivity index (χ1n) is 9.37. The smallest absolute Gasteiger partial charge is 0.159 e. The number of nitrogens with zero attached hydrogens (tertiary/aromatic N) is 2. The fourth-order valence-corrected chi connectivity index (χ4v) is 3.65. The summed E-state index contributed by atoms with van der Waals surface area (Å²) in [5, 5.41) is 19.6. The summed E-state index contributed by atoms with van der Waals surface area (Å²) in [7, 11) is 1.56. The van der Waals surface area contributed by atoms with Gasteiger partial charge in [0.25, 0.3) is 0 Å². The summed E-state index contributed by atoms with van der Waals surface area (Å²) in [4.78, 5) is 4.41. The number of hydrogen-bond donors (Lipinski definition) is 2. The Hall–Kier alpha value is -2.22. The van der Waals surface area contributed by atoms with E-state index >= 15 is 0 Å². The maximum absolute atomic E-state index is 13.5. The minimum absolute atomic E-state index is 0.0561. The van der Waals surface area contributed by atoms with E-state index in [1.54, 1.807) is 19.2 Å². The van der Waals surface area contributed by atoms with E-state index in [1.807, 2.05) is 12.1 Å². The van der Waals surface area contributed by atoms with Gasteiger partial charge in [-0.15, -0.1) is 0 Å². The Kier molecular flexibility index (Phi) is 6.83. The van der Waals surface area contributed by atoms with Crippen LogP contribution in [-0.4, -0.2) is 59.4 Å². The Morgan fingerprint density at radius 3 is 2.57 bits per heavy atom. The first-order valence-corrected chi connectivity index (χ1v) is 9.37. The number of benzene rings is 2. The molecule has 152 valence electrons. The predicted molar refractivity (Wildman–Crippen MR) is 102 cm³/mol. The lowest BCUT2D eigenvalue weighted by Gasteiger charge is -2.41. The van der Waals surface area contributed by atoms with Crippen molar-refractivity contribution in [1.29, 1.82) is 0 Å². The van der Waals surface area contributed by atoms with Crippen LogP contribution in [0.2, 0.25) is 0 Å². The van der Waals surface area contributed by atoms with E-state index in [0.717, 1.165) is 31.3 Å². The summed E-state index contributed by atoms with van der Waals surface area (Å²) >= 11 is 0. The minimum Gasteiger partial charge on any atom is -0.507 e. The van der Waals surface area contributed by atoms with Crippen molar-refractivity contribution in [1.82, 2.24) is 9.80 Å². The number of phenols is 1. The number of aliphatic hydroxyl groups excluding tert-OH is 1. The molecular formula is C21H26F2N2O3. The Bertz CT molecular complexity index is 803. The van der Waals surface area contributed by atoms with E-state index < -0.39 is 11.6 Å². The Morgan fingerprint density at radius 2 is 1.89 bits per heavy atom. The van der Waals surface area contributed by atoms with Gasteiger partial charge in [-0.2, -0.15) is 0 Å². The molecule has 1 heterocycles. The zero-order valence-electron chi connectivity index (χ0n) is 15.9. The van der Waals surface area contributed by atoms with E-state index in [9.17, 15) is 19.0 Å². The van der Waals surface area contributed by atoms with Crippen LogP contribution in [0.25, 0.3) is 0 Å². The second-order valence-corrected chi connectivity index (χ2v) is 7.11. The SMILES string of the molecule is COc1ccc(CN2CCN(Cc3ccc(F)c(F)c3)[C@@H](CCO)C2)c(O)c1. The third-order valence-corrected chi connectivity index (χ3v) is 5.21. The second kappa shape index (κ2) is 9.32. The van der Waals surface area contributed by atoms with Crippen LogP contribution in [0.15, 0.2) is 36.4 Å². The van der Waals surface area contributed by atoms with Crippen molar-refractivity contribution in [3.63, 3.8) is 0 Å². The first kappa shape index (κ1) is 20.5. The van der Waals surface area contributed by atoms with Gasteiger partial charge in [0, 0.05) is 57.0 Å². The van der Waals surface area contributed by atoms with E-state index in [0.29, 0.717) is 30.8 Å². The maximum atomic E-state index is 13.5. The number of ether oxygens (including phenoxy) is 1. The van der Waals surface area contributed by atoms with Gasteiger partial charge in [-0.1, -0.05) is 12.1 Å². The third-order valence-electron chi connectivity index (χ3n) is 5.21. The number of aliphatic hydroxyl groups is 1. The van der Waals surface area contributed by atoms with Gasteiger partial charge in [0.2, 0.25) is 0 Å². The predicted octanol–water partition coefficient (Wildman–Crippen LogP) is 2.75. The van der Waals surface area contributed by atoms with E-state index in [1.165, 1.54) is 6.07 Å². The number of rotatable bonds is 7. The largest absolute Gasteiger partial charge is 0.507 e. The third kappa shape index (κ3) is 4.98. The fourth-order valence-electron chi connectivity index (χ4n) is 3.65. The lowest BCUT2D eigenvalue weighted by atomic mass is 10.1. The molecule has 2 aromatic rings. The molecule has 1 saturated heterocycles. The highest BCUT2D eigenvalue weighted by Crippen LogP contribution is 2.26. The van der Waals surface area contributed by atoms with Crippen molar-refractivity contribution in [2.24, 2.45) is 0 Å². The van der Waals surface area contributed by atoms with Crippen molar-refractivity contribution in [3.8, 4) is 11.5 Å². The monoisotopic (exact) mass is 392 g/mol. The molecule has 0 aliphatic carbocycles. The lowest BCUT2D eigenvalue weighted by Crippen LogP contribution is -2.52. The normalized spacial score (nSPS) is 18.4. The quantitative estimate of drug-likeness (QED) is 0.759. The molecule has 3 rings (SSSR count). The van der Waals surface area contributed by atoms with Gasteiger partial charge in [-0.25, -0.2) is 8.78 Å². The molecule has 0 bridgehead atoms. The van der Waals surface area contributed by atoms with Crippen LogP contribution in [0.4, 0.5) is 8.78 Å². The molecule has 2 N–H and O–H groups in total. The molecule has 28 heavy (non-hydrogen) atoms. The molecule has 1 fully saturated rings. The molecule has 1 atom stereocenters. The zero-order chi connectivity index (χ0) is 20.1. The lowest BCUT2D eigenvalue weighted by molar-refractivity contribution is 0.0495. The fraction of sp³-hybridized carbons (Fsp3) is 0.429. The molecule has 0 unspecified atom stereocenters. The van der Waals surface area contributed by atoms with Crippen LogP contribution >= 0.6 is 0 Å². The molecule has 0 spiro atoms. The summed E-state index contributed by atoms with van der Waals surface area (Å²) < 4.78 is 31.8.